The number of likely N-dealkylation sites (tertiary alicyclic amines) is 1. The van der Waals surface area contributed by atoms with Crippen LogP contribution in [0.25, 0.3) is 5.65 Å². The number of nitrogens with one attached hydrogen (secondary N) is 1. The van der Waals surface area contributed by atoms with E-state index in [1.807, 2.05) is 6.92 Å². The number of hydrogen-bond acceptors (Lipinski definition) is 6. The minimum atomic E-state index is -1.07. The van der Waals surface area contributed by atoms with Crippen LogP contribution in [-0.4, -0.2) is 71.1 Å². The first-order valence-corrected chi connectivity index (χ1v) is 10.6. The van der Waals surface area contributed by atoms with Crippen LogP contribution < -0.4 is 10.9 Å². The van der Waals surface area contributed by atoms with E-state index >= 15 is 0 Å². The number of pyridine rings is 1. The fraction of sp³-hybridized carbons (Fsp3) is 0.333. The molecule has 0 atom stereocenters. The number of carboxylic acid groups (broad SMARTS) is 1. The van der Waals surface area contributed by atoms with Gasteiger partial charge in [-0.1, -0.05) is 6.92 Å². The number of aryl methyl sites for hydroxylation is 1. The van der Waals surface area contributed by atoms with E-state index in [0.29, 0.717) is 17.8 Å². The van der Waals surface area contributed by atoms with Gasteiger partial charge in [-0.3, -0.25) is 14.4 Å². The van der Waals surface area contributed by atoms with Crippen molar-refractivity contribution in [1.29, 1.82) is 0 Å². The highest BCUT2D eigenvalue weighted by Gasteiger charge is 2.43. The Morgan fingerprint density at radius 2 is 2.03 bits per heavy atom. The fourth-order valence-electron chi connectivity index (χ4n) is 4.24. The summed E-state index contributed by atoms with van der Waals surface area (Å²) in [7, 11) is 0. The quantitative estimate of drug-likeness (QED) is 0.556. The van der Waals surface area contributed by atoms with Crippen molar-refractivity contribution in [3.8, 4) is 0 Å². The van der Waals surface area contributed by atoms with Crippen molar-refractivity contribution in [2.75, 3.05) is 18.4 Å². The molecule has 0 bridgehead atoms. The van der Waals surface area contributed by atoms with Gasteiger partial charge in [0.05, 0.1) is 30.0 Å². The number of amides is 3. The second-order valence-electron chi connectivity index (χ2n) is 8.16. The summed E-state index contributed by atoms with van der Waals surface area (Å²) in [6.45, 7) is 1.86. The zero-order valence-electron chi connectivity index (χ0n) is 18.1. The average Bonchev–Trinajstić information content (AvgIpc) is 3.34. The number of carbonyl (C=O) groups excluding carboxylic acids is 2. The van der Waals surface area contributed by atoms with Gasteiger partial charge < -0.3 is 24.8 Å². The molecule has 0 radical (unpaired) electrons. The van der Waals surface area contributed by atoms with Crippen molar-refractivity contribution in [2.45, 2.75) is 32.5 Å². The van der Waals surface area contributed by atoms with E-state index in [1.165, 1.54) is 24.9 Å². The predicted octanol–water partition coefficient (Wildman–Crippen LogP) is 0.549. The molecule has 12 nitrogen and oxygen atoms in total. The molecular formula is C21H20FN7O5. The normalized spacial score (nSPS) is 15.5. The molecule has 0 aromatic carbocycles. The maximum Gasteiger partial charge on any atom is 0.407 e. The van der Waals surface area contributed by atoms with Crippen LogP contribution in [0.4, 0.5) is 15.0 Å². The highest BCUT2D eigenvalue weighted by molar-refractivity contribution is 5.99. The first-order chi connectivity index (χ1) is 16.3. The largest absolute Gasteiger partial charge is 0.465 e. The lowest BCUT2D eigenvalue weighted by Gasteiger charge is -2.42. The number of aromatic nitrogens is 4. The Bertz CT molecular complexity index is 1390. The molecule has 13 heteroatoms. The molecule has 2 aliphatic heterocycles. The van der Waals surface area contributed by atoms with Crippen molar-refractivity contribution < 1.29 is 23.9 Å². The van der Waals surface area contributed by atoms with Crippen LogP contribution in [0.1, 0.15) is 28.7 Å². The summed E-state index contributed by atoms with van der Waals surface area (Å²) in [5.41, 5.74) is 0.738. The second kappa shape index (κ2) is 7.93. The van der Waals surface area contributed by atoms with Gasteiger partial charge in [0.15, 0.2) is 0 Å². The number of nitrogens with zero attached hydrogens (tertiary/aromatic N) is 6. The molecule has 0 unspecified atom stereocenters. The summed E-state index contributed by atoms with van der Waals surface area (Å²) in [4.78, 5) is 56.9. The third-order valence-corrected chi connectivity index (χ3v) is 6.05. The van der Waals surface area contributed by atoms with Crippen LogP contribution in [0.5, 0.6) is 0 Å². The molecule has 1 saturated heterocycles. The molecule has 0 aliphatic carbocycles. The molecule has 176 valence electrons. The maximum atomic E-state index is 13.4. The maximum absolute atomic E-state index is 13.4. The van der Waals surface area contributed by atoms with Gasteiger partial charge in [0.2, 0.25) is 5.91 Å². The second-order valence-corrected chi connectivity index (χ2v) is 8.16. The first kappa shape index (κ1) is 21.6. The highest BCUT2D eigenvalue weighted by Crippen LogP contribution is 2.28. The molecule has 34 heavy (non-hydrogen) atoms. The standard InChI is InChI=1S/C21H20FN7O5/c1-2-12-5-17-28(10-16(30)24-15-4-3-11(22)6-23-15)18-14(19(31)29(17)25-12)9-27(20(18)32)13-7-26(8-13)21(33)34/h3-6,13H,2,7-10H2,1H3,(H,33,34)(H,23,24,30). The summed E-state index contributed by atoms with van der Waals surface area (Å²) in [6, 6.07) is 3.75. The Balaban J connectivity index is 1.51. The Morgan fingerprint density at radius 1 is 1.26 bits per heavy atom. The molecule has 5 rings (SSSR count). The molecule has 1 fully saturated rings. The summed E-state index contributed by atoms with van der Waals surface area (Å²) < 4.78 is 15.7. The van der Waals surface area contributed by atoms with Crippen molar-refractivity contribution in [1.82, 2.24) is 29.0 Å². The van der Waals surface area contributed by atoms with Crippen molar-refractivity contribution in [3.63, 3.8) is 0 Å². The predicted molar refractivity (Wildman–Crippen MR) is 115 cm³/mol. The number of halogens is 1. The lowest BCUT2D eigenvalue weighted by molar-refractivity contribution is -0.116. The van der Waals surface area contributed by atoms with E-state index in [1.54, 1.807) is 6.07 Å². The van der Waals surface area contributed by atoms with Gasteiger partial charge in [0, 0.05) is 19.2 Å². The van der Waals surface area contributed by atoms with Gasteiger partial charge in [-0.25, -0.2) is 14.2 Å². The van der Waals surface area contributed by atoms with Crippen LogP contribution in [0.3, 0.4) is 0 Å². The molecule has 2 N–H and O–H groups in total. The third-order valence-electron chi connectivity index (χ3n) is 6.05. The van der Waals surface area contributed by atoms with Gasteiger partial charge in [-0.05, 0) is 18.6 Å². The van der Waals surface area contributed by atoms with E-state index in [4.69, 9.17) is 5.11 Å². The number of anilines is 1. The molecule has 2 aliphatic rings. The average molecular weight is 469 g/mol. The summed E-state index contributed by atoms with van der Waals surface area (Å²) in [5, 5.41) is 16.0. The SMILES string of the molecule is CCc1cc2n(CC(=O)Nc3ccc(F)cn3)c3c(c(=O)n2n1)CN(C1CN(C(=O)O)C1)C3=O. The Hall–Kier alpha value is -4.29. The van der Waals surface area contributed by atoms with Gasteiger partial charge in [0.25, 0.3) is 11.5 Å². The number of rotatable bonds is 5. The van der Waals surface area contributed by atoms with Crippen LogP contribution in [-0.2, 0) is 24.3 Å². The Labute approximate surface area is 191 Å². The van der Waals surface area contributed by atoms with E-state index < -0.39 is 29.3 Å². The highest BCUT2D eigenvalue weighted by atomic mass is 19.1. The van der Waals surface area contributed by atoms with Crippen molar-refractivity contribution in [3.05, 3.63) is 57.5 Å². The topological polar surface area (TPSA) is 142 Å². The van der Waals surface area contributed by atoms with E-state index in [9.17, 15) is 23.6 Å². The number of hydrogen-bond donors (Lipinski definition) is 2. The summed E-state index contributed by atoms with van der Waals surface area (Å²) in [5.74, 6) is -1.39. The number of fused-ring (bicyclic) bond motifs is 2. The smallest absolute Gasteiger partial charge is 0.407 e. The molecule has 0 saturated carbocycles. The van der Waals surface area contributed by atoms with E-state index in [-0.39, 0.29) is 49.3 Å². The number of carbonyl (C=O) groups is 3. The minimum Gasteiger partial charge on any atom is -0.465 e. The van der Waals surface area contributed by atoms with E-state index in [2.05, 4.69) is 15.4 Å². The lowest BCUT2D eigenvalue weighted by Crippen LogP contribution is -2.60. The molecule has 3 aromatic heterocycles. The zero-order valence-corrected chi connectivity index (χ0v) is 18.1. The minimum absolute atomic E-state index is 0.00349. The molecule has 3 aromatic rings. The van der Waals surface area contributed by atoms with Gasteiger partial charge in [-0.15, -0.1) is 0 Å². The Kier molecular flexibility index (Phi) is 5.03. The van der Waals surface area contributed by atoms with Crippen LogP contribution >= 0.6 is 0 Å². The van der Waals surface area contributed by atoms with Gasteiger partial charge in [0.1, 0.15) is 29.5 Å². The van der Waals surface area contributed by atoms with Crippen LogP contribution in [0.15, 0.2) is 29.2 Å². The van der Waals surface area contributed by atoms with E-state index in [0.717, 1.165) is 12.3 Å². The molecule has 3 amide bonds. The first-order valence-electron chi connectivity index (χ1n) is 10.6. The molecule has 5 heterocycles. The third kappa shape index (κ3) is 3.45. The van der Waals surface area contributed by atoms with Crippen LogP contribution in [0.2, 0.25) is 0 Å². The van der Waals surface area contributed by atoms with Gasteiger partial charge in [-0.2, -0.15) is 9.61 Å². The summed E-state index contributed by atoms with van der Waals surface area (Å²) in [6.07, 6.45) is 0.442. The molecule has 0 spiro atoms. The van der Waals surface area contributed by atoms with Crippen LogP contribution in [0, 0.1) is 5.82 Å². The zero-order chi connectivity index (χ0) is 24.1. The molecular weight excluding hydrogens is 449 g/mol. The van der Waals surface area contributed by atoms with Crippen molar-refractivity contribution in [2.24, 2.45) is 0 Å². The van der Waals surface area contributed by atoms with Crippen molar-refractivity contribution >= 4 is 29.4 Å². The fourth-order valence-corrected chi connectivity index (χ4v) is 4.24. The van der Waals surface area contributed by atoms with Gasteiger partial charge >= 0.3 is 6.09 Å². The summed E-state index contributed by atoms with van der Waals surface area (Å²) >= 11 is 0. The lowest BCUT2D eigenvalue weighted by atomic mass is 10.1. The Morgan fingerprint density at radius 3 is 2.68 bits per heavy atom. The monoisotopic (exact) mass is 469 g/mol.